The lowest BCUT2D eigenvalue weighted by Gasteiger charge is -2.24. The van der Waals surface area contributed by atoms with E-state index in [0.717, 1.165) is 32.9 Å². The van der Waals surface area contributed by atoms with Crippen molar-refractivity contribution in [3.05, 3.63) is 130 Å². The minimum atomic E-state index is -1.06. The third-order valence-corrected chi connectivity index (χ3v) is 12.5. The van der Waals surface area contributed by atoms with Gasteiger partial charge in [-0.15, -0.1) is 0 Å². The van der Waals surface area contributed by atoms with Crippen LogP contribution < -0.4 is 26.9 Å². The third kappa shape index (κ3) is 5.41. The Hall–Kier alpha value is -4.03. The number of aromatic nitrogens is 3. The summed E-state index contributed by atoms with van der Waals surface area (Å²) < 4.78 is 0. The van der Waals surface area contributed by atoms with Gasteiger partial charge in [0.05, 0.1) is 32.9 Å². The number of hydrogen-bond donors (Lipinski definition) is 0. The highest BCUT2D eigenvalue weighted by Gasteiger charge is 2.27. The van der Waals surface area contributed by atoms with Crippen molar-refractivity contribution >= 4 is 76.1 Å². The van der Waals surface area contributed by atoms with Gasteiger partial charge in [0.15, 0.2) is 0 Å². The average Bonchev–Trinajstić information content (AvgIpc) is 2.99. The molecule has 3 heterocycles. The molecule has 3 aromatic heterocycles. The number of hydrogen-bond acceptors (Lipinski definition) is 3. The molecule has 3 nitrogen and oxygen atoms in total. The van der Waals surface area contributed by atoms with E-state index in [4.69, 9.17) is 15.0 Å². The maximum atomic E-state index is 5.40. The molecule has 0 fully saturated rings. The normalized spacial score (nSPS) is 12.0. The number of fused-ring (bicyclic) bond motifs is 3. The maximum Gasteiger partial charge on any atom is 0.0774 e. The molecular weight excluding hydrogens is 572 g/mol. The van der Waals surface area contributed by atoms with Gasteiger partial charge in [-0.3, -0.25) is 0 Å². The molecule has 0 aliphatic carbocycles. The Balaban J connectivity index is 1.45. The van der Waals surface area contributed by atoms with Gasteiger partial charge < -0.3 is 0 Å². The molecule has 0 saturated carbocycles. The highest BCUT2D eigenvalue weighted by Crippen LogP contribution is 2.36. The van der Waals surface area contributed by atoms with E-state index >= 15 is 0 Å². The molecule has 0 radical (unpaired) electrons. The lowest BCUT2D eigenvalue weighted by atomic mass is 10.1. The summed E-state index contributed by atoms with van der Waals surface area (Å²) in [7, 11) is -0.638. The Morgan fingerprint density at radius 1 is 0.477 bits per heavy atom. The van der Waals surface area contributed by atoms with Crippen molar-refractivity contribution in [2.45, 2.75) is 41.5 Å². The molecule has 1 atom stereocenters. The first-order valence-corrected chi connectivity index (χ1v) is 17.4. The van der Waals surface area contributed by atoms with Gasteiger partial charge in [-0.2, -0.15) is 0 Å². The van der Waals surface area contributed by atoms with Gasteiger partial charge in [0.25, 0.3) is 0 Å². The summed E-state index contributed by atoms with van der Waals surface area (Å²) in [6.07, 6.45) is 0. The molecule has 5 heteroatoms. The zero-order valence-corrected chi connectivity index (χ0v) is 27.9. The van der Waals surface area contributed by atoms with E-state index in [2.05, 4.69) is 139 Å². The van der Waals surface area contributed by atoms with Crippen LogP contribution in [0.2, 0.25) is 0 Å². The van der Waals surface area contributed by atoms with E-state index in [-0.39, 0.29) is 0 Å². The van der Waals surface area contributed by atoms with E-state index in [1.165, 1.54) is 60.1 Å². The van der Waals surface area contributed by atoms with Crippen molar-refractivity contribution in [1.29, 1.82) is 0 Å². The SMILES string of the molecule is Cc1ccc2nc(Pc3ccccc3P(c3nc4ccc(C)cc4cc3C)c3nc4ccc(C)cc4cc3C)c(C)cc2c1. The molecule has 7 aromatic rings. The molecule has 0 aliphatic rings. The largest absolute Gasteiger partial charge is 0.248 e. The lowest BCUT2D eigenvalue weighted by Crippen LogP contribution is -2.34. The van der Waals surface area contributed by atoms with E-state index in [9.17, 15) is 0 Å². The van der Waals surface area contributed by atoms with Gasteiger partial charge in [0, 0.05) is 24.1 Å². The van der Waals surface area contributed by atoms with Gasteiger partial charge in [-0.1, -0.05) is 59.2 Å². The average molecular weight is 608 g/mol. The van der Waals surface area contributed by atoms with Crippen LogP contribution in [0.3, 0.4) is 0 Å². The van der Waals surface area contributed by atoms with Crippen LogP contribution in [-0.2, 0) is 0 Å². The molecule has 7 rings (SSSR count). The summed E-state index contributed by atoms with van der Waals surface area (Å²) in [6, 6.07) is 35.4. The van der Waals surface area contributed by atoms with Crippen molar-refractivity contribution in [3.8, 4) is 0 Å². The summed E-state index contributed by atoms with van der Waals surface area (Å²) in [5.74, 6) is 0. The summed E-state index contributed by atoms with van der Waals surface area (Å²) in [5, 5.41) is 6.16. The molecule has 0 saturated heterocycles. The van der Waals surface area contributed by atoms with Gasteiger partial charge in [-0.05, 0) is 132 Å². The molecule has 0 aliphatic heterocycles. The molecule has 4 aromatic carbocycles. The first-order chi connectivity index (χ1) is 21.2. The smallest absolute Gasteiger partial charge is 0.0774 e. The Morgan fingerprint density at radius 3 is 1.45 bits per heavy atom. The molecular formula is C39H35N3P2. The van der Waals surface area contributed by atoms with E-state index < -0.39 is 7.92 Å². The predicted molar refractivity (Wildman–Crippen MR) is 193 cm³/mol. The van der Waals surface area contributed by atoms with Crippen LogP contribution in [0.25, 0.3) is 32.7 Å². The summed E-state index contributed by atoms with van der Waals surface area (Å²) in [6.45, 7) is 13.0. The summed E-state index contributed by atoms with van der Waals surface area (Å²) in [4.78, 5) is 16.0. The Labute approximate surface area is 262 Å². The minimum absolute atomic E-state index is 0.420. The molecule has 1 unspecified atom stereocenters. The van der Waals surface area contributed by atoms with Crippen molar-refractivity contribution in [1.82, 2.24) is 15.0 Å². The maximum absolute atomic E-state index is 5.40. The number of nitrogens with zero attached hydrogens (tertiary/aromatic N) is 3. The van der Waals surface area contributed by atoms with E-state index in [0.29, 0.717) is 8.58 Å². The number of rotatable bonds is 5. The van der Waals surface area contributed by atoms with Gasteiger partial charge in [-0.25, -0.2) is 15.0 Å². The summed E-state index contributed by atoms with van der Waals surface area (Å²) >= 11 is 0. The van der Waals surface area contributed by atoms with Gasteiger partial charge >= 0.3 is 0 Å². The highest BCUT2D eigenvalue weighted by atomic mass is 31.1. The topological polar surface area (TPSA) is 38.7 Å². The molecule has 44 heavy (non-hydrogen) atoms. The predicted octanol–water partition coefficient (Wildman–Crippen LogP) is 7.57. The molecule has 0 amide bonds. The van der Waals surface area contributed by atoms with Crippen molar-refractivity contribution in [3.63, 3.8) is 0 Å². The number of pyridine rings is 3. The van der Waals surface area contributed by atoms with Crippen molar-refractivity contribution < 1.29 is 0 Å². The second kappa shape index (κ2) is 11.5. The molecule has 0 spiro atoms. The fourth-order valence-corrected chi connectivity index (χ4v) is 10.0. The number of aryl methyl sites for hydroxylation is 6. The Bertz CT molecular complexity index is 2150. The first-order valence-electron chi connectivity index (χ1n) is 15.0. The van der Waals surface area contributed by atoms with Crippen LogP contribution >= 0.6 is 16.5 Å². The van der Waals surface area contributed by atoms with E-state index in [1.807, 2.05) is 0 Å². The fourth-order valence-electron chi connectivity index (χ4n) is 5.99. The molecule has 0 N–H and O–H groups in total. The monoisotopic (exact) mass is 607 g/mol. The first kappa shape index (κ1) is 28.7. The molecule has 0 bridgehead atoms. The van der Waals surface area contributed by atoms with Crippen LogP contribution in [0, 0.1) is 41.5 Å². The zero-order chi connectivity index (χ0) is 30.5. The quantitative estimate of drug-likeness (QED) is 0.190. The van der Waals surface area contributed by atoms with E-state index in [1.54, 1.807) is 0 Å². The van der Waals surface area contributed by atoms with Gasteiger partial charge in [0.1, 0.15) is 0 Å². The van der Waals surface area contributed by atoms with Crippen LogP contribution in [0.1, 0.15) is 33.4 Å². The second-order valence-electron chi connectivity index (χ2n) is 12.0. The van der Waals surface area contributed by atoms with Crippen molar-refractivity contribution in [2.24, 2.45) is 0 Å². The second-order valence-corrected chi connectivity index (χ2v) is 15.2. The zero-order valence-electron chi connectivity index (χ0n) is 26.0. The Morgan fingerprint density at radius 2 is 0.932 bits per heavy atom. The van der Waals surface area contributed by atoms with Gasteiger partial charge in [0.2, 0.25) is 0 Å². The van der Waals surface area contributed by atoms with Crippen molar-refractivity contribution in [2.75, 3.05) is 0 Å². The van der Waals surface area contributed by atoms with Crippen LogP contribution in [0.15, 0.2) is 97.1 Å². The van der Waals surface area contributed by atoms with Crippen LogP contribution in [0.4, 0.5) is 0 Å². The Kier molecular flexibility index (Phi) is 7.49. The van der Waals surface area contributed by atoms with Crippen LogP contribution in [0.5, 0.6) is 0 Å². The number of benzene rings is 4. The minimum Gasteiger partial charge on any atom is -0.248 e. The lowest BCUT2D eigenvalue weighted by molar-refractivity contribution is 1.37. The summed E-state index contributed by atoms with van der Waals surface area (Å²) in [5.41, 5.74) is 13.9. The fraction of sp³-hybridized carbons (Fsp3) is 0.154. The highest BCUT2D eigenvalue weighted by molar-refractivity contribution is 7.81. The standard InChI is InChI=1S/C39H35N3P2/c1-23-11-14-32-29(17-23)20-26(4)37(40-32)43-35-9-7-8-10-36(35)44(38-27(5)21-30-18-24(2)12-15-33(30)41-38)39-28(6)22-31-19-25(3)13-16-34(31)42-39/h7-22,43H,1-6H3. The molecule has 216 valence electrons. The van der Waals surface area contributed by atoms with Crippen LogP contribution in [-0.4, -0.2) is 15.0 Å². The third-order valence-electron chi connectivity index (χ3n) is 8.25.